The van der Waals surface area contributed by atoms with Crippen LogP contribution in [0.15, 0.2) is 42.5 Å². The molecule has 3 heterocycles. The highest BCUT2D eigenvalue weighted by molar-refractivity contribution is 6.31. The van der Waals surface area contributed by atoms with Gasteiger partial charge in [-0.3, -0.25) is 29.4 Å². The van der Waals surface area contributed by atoms with Gasteiger partial charge in [-0.2, -0.15) is 0 Å². The molecule has 2 fully saturated rings. The molecule has 0 aliphatic carbocycles. The molecule has 3 N–H and O–H groups in total. The van der Waals surface area contributed by atoms with Crippen LogP contribution in [0, 0.1) is 17.7 Å². The van der Waals surface area contributed by atoms with Gasteiger partial charge in [0, 0.05) is 28.7 Å². The number of rotatable bonds is 5. The molecular weight excluding hydrogens is 453 g/mol. The highest BCUT2D eigenvalue weighted by atomic mass is 35.5. The predicted molar refractivity (Wildman–Crippen MR) is 114 cm³/mol. The summed E-state index contributed by atoms with van der Waals surface area (Å²) in [4.78, 5) is 52.6. The van der Waals surface area contributed by atoms with Crippen LogP contribution in [0.2, 0.25) is 5.02 Å². The van der Waals surface area contributed by atoms with E-state index in [2.05, 4.69) is 10.6 Å². The smallest absolute Gasteiger partial charge is 0.303 e. The van der Waals surface area contributed by atoms with E-state index in [1.807, 2.05) is 0 Å². The number of amides is 3. The minimum atomic E-state index is -1.67. The monoisotopic (exact) mass is 471 g/mol. The Morgan fingerprint density at radius 3 is 2.64 bits per heavy atom. The van der Waals surface area contributed by atoms with Crippen LogP contribution in [0.3, 0.4) is 0 Å². The normalized spacial score (nSPS) is 27.8. The Labute approximate surface area is 192 Å². The molecule has 3 amide bonds. The lowest BCUT2D eigenvalue weighted by atomic mass is 9.76. The number of likely N-dealkylation sites (tertiary alicyclic amines) is 1. The molecule has 2 aromatic carbocycles. The number of imide groups is 1. The van der Waals surface area contributed by atoms with Crippen molar-refractivity contribution in [3.05, 3.63) is 64.4 Å². The van der Waals surface area contributed by atoms with Gasteiger partial charge in [0.25, 0.3) is 0 Å². The van der Waals surface area contributed by atoms with Crippen LogP contribution >= 0.6 is 11.6 Å². The van der Waals surface area contributed by atoms with Gasteiger partial charge in [-0.15, -0.1) is 0 Å². The van der Waals surface area contributed by atoms with Crippen LogP contribution in [0.5, 0.6) is 0 Å². The highest BCUT2D eigenvalue weighted by Gasteiger charge is 2.70. The number of benzene rings is 2. The summed E-state index contributed by atoms with van der Waals surface area (Å²) < 4.78 is 14.2. The Hall–Kier alpha value is -3.30. The molecule has 4 atom stereocenters. The van der Waals surface area contributed by atoms with Crippen molar-refractivity contribution in [2.45, 2.75) is 31.0 Å². The summed E-state index contributed by atoms with van der Waals surface area (Å²) in [5.74, 6) is -5.45. The fourth-order valence-corrected chi connectivity index (χ4v) is 5.51. The van der Waals surface area contributed by atoms with Gasteiger partial charge in [-0.05, 0) is 36.2 Å². The van der Waals surface area contributed by atoms with E-state index in [0.717, 1.165) is 4.90 Å². The minimum Gasteiger partial charge on any atom is -0.481 e. The third kappa shape index (κ3) is 3.14. The lowest BCUT2D eigenvalue weighted by Crippen LogP contribution is -2.53. The molecule has 0 unspecified atom stereocenters. The zero-order chi connectivity index (χ0) is 23.5. The van der Waals surface area contributed by atoms with E-state index in [-0.39, 0.29) is 24.9 Å². The van der Waals surface area contributed by atoms with E-state index in [1.165, 1.54) is 18.2 Å². The second-order valence-corrected chi connectivity index (χ2v) is 8.90. The number of fused-ring (bicyclic) bond motifs is 4. The SMILES string of the molecule is O=C(O)CC[C@@H]1N[C@]2(C(=O)Nc3ccc(F)cc32)[C@@H]2C(=O)N(Cc3ccccc3Cl)C(=O)[C@H]12. The van der Waals surface area contributed by atoms with Crippen molar-refractivity contribution >= 4 is 41.0 Å². The number of nitrogens with zero attached hydrogens (tertiary/aromatic N) is 1. The average Bonchev–Trinajstić information content (AvgIpc) is 3.34. The first-order valence-corrected chi connectivity index (χ1v) is 10.8. The van der Waals surface area contributed by atoms with E-state index >= 15 is 0 Å². The van der Waals surface area contributed by atoms with E-state index < -0.39 is 52.9 Å². The number of hydrogen-bond acceptors (Lipinski definition) is 5. The largest absolute Gasteiger partial charge is 0.481 e. The van der Waals surface area contributed by atoms with E-state index in [0.29, 0.717) is 16.3 Å². The van der Waals surface area contributed by atoms with Crippen molar-refractivity contribution in [1.82, 2.24) is 10.2 Å². The molecule has 0 bridgehead atoms. The van der Waals surface area contributed by atoms with Crippen molar-refractivity contribution in [1.29, 1.82) is 0 Å². The zero-order valence-corrected chi connectivity index (χ0v) is 17.9. The number of aliphatic carboxylic acids is 1. The Bertz CT molecular complexity index is 1220. The molecule has 2 aromatic rings. The van der Waals surface area contributed by atoms with Crippen LogP contribution in [0.4, 0.5) is 10.1 Å². The second kappa shape index (κ2) is 7.64. The lowest BCUT2D eigenvalue weighted by molar-refractivity contribution is -0.144. The number of carboxylic acid groups (broad SMARTS) is 1. The Morgan fingerprint density at radius 1 is 1.15 bits per heavy atom. The number of carbonyl (C=O) groups is 4. The molecule has 0 saturated carbocycles. The lowest BCUT2D eigenvalue weighted by Gasteiger charge is -2.29. The maximum absolute atomic E-state index is 14.2. The predicted octanol–water partition coefficient (Wildman–Crippen LogP) is 2.26. The van der Waals surface area contributed by atoms with Crippen molar-refractivity contribution < 1.29 is 28.7 Å². The van der Waals surface area contributed by atoms with Crippen LogP contribution in [0.1, 0.15) is 24.0 Å². The molecule has 33 heavy (non-hydrogen) atoms. The second-order valence-electron chi connectivity index (χ2n) is 8.49. The molecule has 170 valence electrons. The van der Waals surface area contributed by atoms with Crippen molar-refractivity contribution in [2.75, 3.05) is 5.32 Å². The van der Waals surface area contributed by atoms with E-state index in [1.54, 1.807) is 24.3 Å². The van der Waals surface area contributed by atoms with Crippen LogP contribution < -0.4 is 10.6 Å². The third-order valence-electron chi connectivity index (χ3n) is 6.72. The summed E-state index contributed by atoms with van der Waals surface area (Å²) in [6, 6.07) is 9.80. The molecular formula is C23H19ClFN3O5. The van der Waals surface area contributed by atoms with Gasteiger partial charge >= 0.3 is 5.97 Å². The molecule has 0 aromatic heterocycles. The number of hydrogen-bond donors (Lipinski definition) is 3. The van der Waals surface area contributed by atoms with Crippen LogP contribution in [0.25, 0.3) is 0 Å². The summed E-state index contributed by atoms with van der Waals surface area (Å²) in [6.45, 7) is -0.0797. The fourth-order valence-electron chi connectivity index (χ4n) is 5.31. The summed E-state index contributed by atoms with van der Waals surface area (Å²) in [7, 11) is 0. The first kappa shape index (κ1) is 21.5. The van der Waals surface area contributed by atoms with Gasteiger partial charge < -0.3 is 10.4 Å². The van der Waals surface area contributed by atoms with Gasteiger partial charge in [-0.1, -0.05) is 29.8 Å². The molecule has 10 heteroatoms. The summed E-state index contributed by atoms with van der Waals surface area (Å²) in [5, 5.41) is 15.3. The minimum absolute atomic E-state index is 0.0229. The number of nitrogens with one attached hydrogen (secondary N) is 2. The standard InChI is InChI=1S/C23H19ClFN3O5/c24-14-4-2-1-3-11(14)10-28-20(31)18-16(7-8-17(29)30)27-23(19(18)21(28)32)13-9-12(25)5-6-15(13)26-22(23)33/h1-6,9,16,18-19,27H,7-8,10H2,(H,26,33)(H,29,30)/t16-,18+,19-,23-/m0/s1. The highest BCUT2D eigenvalue weighted by Crippen LogP contribution is 2.53. The maximum atomic E-state index is 14.2. The van der Waals surface area contributed by atoms with E-state index in [4.69, 9.17) is 11.6 Å². The fraction of sp³-hybridized carbons (Fsp3) is 0.304. The van der Waals surface area contributed by atoms with Crippen molar-refractivity contribution in [2.24, 2.45) is 11.8 Å². The van der Waals surface area contributed by atoms with Gasteiger partial charge in [0.2, 0.25) is 17.7 Å². The first-order valence-electron chi connectivity index (χ1n) is 10.4. The van der Waals surface area contributed by atoms with Crippen molar-refractivity contribution in [3.8, 4) is 0 Å². The van der Waals surface area contributed by atoms with Gasteiger partial charge in [-0.25, -0.2) is 4.39 Å². The number of carbonyl (C=O) groups excluding carboxylic acids is 3. The van der Waals surface area contributed by atoms with Crippen LogP contribution in [-0.4, -0.2) is 39.7 Å². The topological polar surface area (TPSA) is 116 Å². The maximum Gasteiger partial charge on any atom is 0.303 e. The van der Waals surface area contributed by atoms with Crippen LogP contribution in [-0.2, 0) is 31.3 Å². The Morgan fingerprint density at radius 2 is 1.91 bits per heavy atom. The molecule has 3 aliphatic rings. The van der Waals surface area contributed by atoms with Crippen molar-refractivity contribution in [3.63, 3.8) is 0 Å². The number of anilines is 1. The van der Waals surface area contributed by atoms with Gasteiger partial charge in [0.15, 0.2) is 0 Å². The summed E-state index contributed by atoms with van der Waals surface area (Å²) in [6.07, 6.45) is -0.240. The Kier molecular flexibility index (Phi) is 4.98. The molecule has 0 radical (unpaired) electrons. The Balaban J connectivity index is 1.60. The van der Waals surface area contributed by atoms with Gasteiger partial charge in [0.05, 0.1) is 18.4 Å². The van der Waals surface area contributed by atoms with Gasteiger partial charge in [0.1, 0.15) is 11.4 Å². The molecule has 3 aliphatic heterocycles. The van der Waals surface area contributed by atoms with E-state index in [9.17, 15) is 28.7 Å². The summed E-state index contributed by atoms with van der Waals surface area (Å²) in [5.41, 5.74) is -0.530. The molecule has 8 nitrogen and oxygen atoms in total. The quantitative estimate of drug-likeness (QED) is 0.576. The summed E-state index contributed by atoms with van der Waals surface area (Å²) >= 11 is 6.23. The third-order valence-corrected chi connectivity index (χ3v) is 7.09. The number of halogens is 2. The first-order chi connectivity index (χ1) is 15.7. The average molecular weight is 472 g/mol. The molecule has 5 rings (SSSR count). The molecule has 2 saturated heterocycles. The molecule has 1 spiro atoms. The number of carboxylic acids is 1. The zero-order valence-electron chi connectivity index (χ0n) is 17.2.